The van der Waals surface area contributed by atoms with E-state index in [-0.39, 0.29) is 10.7 Å². The summed E-state index contributed by atoms with van der Waals surface area (Å²) in [5.41, 5.74) is 0.390. The van der Waals surface area contributed by atoms with E-state index < -0.39 is 18.1 Å². The number of hydrogen-bond donors (Lipinski definition) is 1. The van der Waals surface area contributed by atoms with Crippen molar-refractivity contribution in [2.75, 3.05) is 18.1 Å². The molecule has 7 nitrogen and oxygen atoms in total. The fourth-order valence-corrected chi connectivity index (χ4v) is 3.13. The summed E-state index contributed by atoms with van der Waals surface area (Å²) in [4.78, 5) is 26.4. The van der Waals surface area contributed by atoms with Gasteiger partial charge in [0.2, 0.25) is 6.29 Å². The lowest BCUT2D eigenvalue weighted by Crippen LogP contribution is -2.54. The van der Waals surface area contributed by atoms with Gasteiger partial charge in [-0.15, -0.1) is 0 Å². The average Bonchev–Trinajstić information content (AvgIpc) is 3.31. The Labute approximate surface area is 164 Å². The first-order valence-corrected chi connectivity index (χ1v) is 8.81. The van der Waals surface area contributed by atoms with Gasteiger partial charge < -0.3 is 13.9 Å². The maximum Gasteiger partial charge on any atom is 0.270 e. The number of rotatable bonds is 3. The number of furan rings is 1. The van der Waals surface area contributed by atoms with E-state index in [4.69, 9.17) is 37.7 Å². The van der Waals surface area contributed by atoms with E-state index in [0.717, 1.165) is 0 Å². The fraction of sp³-hybridized carbons (Fsp3) is 0.167. The van der Waals surface area contributed by atoms with Crippen LogP contribution < -0.4 is 10.2 Å². The van der Waals surface area contributed by atoms with E-state index in [1.54, 1.807) is 36.4 Å². The maximum absolute atomic E-state index is 12.9. The number of hydrogen-bond acceptors (Lipinski definition) is 6. The van der Waals surface area contributed by atoms with Crippen LogP contribution in [0.2, 0.25) is 5.02 Å². The van der Waals surface area contributed by atoms with Crippen molar-refractivity contribution < 1.29 is 23.5 Å². The molecule has 138 valence electrons. The molecule has 2 aliphatic heterocycles. The summed E-state index contributed by atoms with van der Waals surface area (Å²) in [5.74, 6) is -0.363. The van der Waals surface area contributed by atoms with Gasteiger partial charge in [-0.2, -0.15) is 0 Å². The molecule has 0 spiro atoms. The smallest absolute Gasteiger partial charge is 0.270 e. The highest BCUT2D eigenvalue weighted by molar-refractivity contribution is 7.80. The predicted octanol–water partition coefficient (Wildman–Crippen LogP) is 2.81. The highest BCUT2D eigenvalue weighted by atomic mass is 35.5. The van der Waals surface area contributed by atoms with Gasteiger partial charge in [-0.05, 0) is 54.7 Å². The Morgan fingerprint density at radius 1 is 1.11 bits per heavy atom. The molecule has 0 unspecified atom stereocenters. The number of ether oxygens (including phenoxy) is 2. The first-order valence-electron chi connectivity index (χ1n) is 8.03. The van der Waals surface area contributed by atoms with Crippen LogP contribution in [-0.2, 0) is 19.1 Å². The minimum Gasteiger partial charge on any atom is -0.456 e. The molecule has 2 fully saturated rings. The van der Waals surface area contributed by atoms with Gasteiger partial charge in [0.15, 0.2) is 10.9 Å². The first-order chi connectivity index (χ1) is 13.0. The molecule has 1 aromatic carbocycles. The molecule has 0 radical (unpaired) electrons. The highest BCUT2D eigenvalue weighted by Crippen LogP contribution is 2.27. The number of benzene rings is 1. The van der Waals surface area contributed by atoms with Gasteiger partial charge in [-0.25, -0.2) is 0 Å². The van der Waals surface area contributed by atoms with E-state index >= 15 is 0 Å². The van der Waals surface area contributed by atoms with Crippen LogP contribution in [-0.4, -0.2) is 30.1 Å². The normalized spacial score (nSPS) is 19.8. The molecule has 0 atom stereocenters. The van der Waals surface area contributed by atoms with Crippen LogP contribution in [0.1, 0.15) is 17.8 Å². The van der Waals surface area contributed by atoms with Gasteiger partial charge in [0, 0.05) is 5.02 Å². The maximum atomic E-state index is 12.9. The predicted molar refractivity (Wildman–Crippen MR) is 101 cm³/mol. The molecular formula is C18H13ClN2O5S. The van der Waals surface area contributed by atoms with Gasteiger partial charge >= 0.3 is 0 Å². The Morgan fingerprint density at radius 3 is 2.52 bits per heavy atom. The van der Waals surface area contributed by atoms with Crippen molar-refractivity contribution in [1.82, 2.24) is 5.32 Å². The number of carbonyl (C=O) groups excluding carboxylic acids is 2. The second-order valence-electron chi connectivity index (χ2n) is 5.75. The van der Waals surface area contributed by atoms with Crippen molar-refractivity contribution in [3.63, 3.8) is 0 Å². The van der Waals surface area contributed by atoms with Crippen LogP contribution >= 0.6 is 23.8 Å². The van der Waals surface area contributed by atoms with Gasteiger partial charge in [-0.3, -0.25) is 19.8 Å². The first kappa shape index (κ1) is 17.9. The topological polar surface area (TPSA) is 81.0 Å². The van der Waals surface area contributed by atoms with Crippen molar-refractivity contribution >= 4 is 52.5 Å². The number of thiocarbonyl (C=S) groups is 1. The zero-order valence-corrected chi connectivity index (χ0v) is 15.4. The average molecular weight is 405 g/mol. The monoisotopic (exact) mass is 404 g/mol. The third kappa shape index (κ3) is 3.52. The summed E-state index contributed by atoms with van der Waals surface area (Å²) in [6.45, 7) is 0.965. The van der Waals surface area contributed by atoms with Crippen LogP contribution in [0.3, 0.4) is 0 Å². The molecule has 1 N–H and O–H groups in total. The van der Waals surface area contributed by atoms with Gasteiger partial charge in [0.25, 0.3) is 11.8 Å². The molecule has 9 heteroatoms. The zero-order valence-electron chi connectivity index (χ0n) is 13.8. The lowest BCUT2D eigenvalue weighted by molar-refractivity contribution is -0.122. The van der Waals surface area contributed by atoms with Crippen molar-refractivity contribution in [2.45, 2.75) is 6.29 Å². The molecule has 0 bridgehead atoms. The quantitative estimate of drug-likeness (QED) is 0.481. The second kappa shape index (κ2) is 7.24. The Balaban J connectivity index is 1.64. The largest absolute Gasteiger partial charge is 0.456 e. The summed E-state index contributed by atoms with van der Waals surface area (Å²) in [6, 6.07) is 9.85. The molecule has 0 aliphatic carbocycles. The number of anilines is 1. The number of amides is 2. The van der Waals surface area contributed by atoms with E-state index in [1.807, 2.05) is 0 Å². The molecule has 4 rings (SSSR count). The van der Waals surface area contributed by atoms with E-state index in [1.165, 1.54) is 11.0 Å². The lowest BCUT2D eigenvalue weighted by Gasteiger charge is -2.28. The standard InChI is InChI=1S/C18H13ClN2O5S/c19-10-1-3-11(4-2-10)21-16(23)13(15(22)20-18(21)27)9-12-5-6-14(26-12)17-24-7-8-25-17/h1-6,9,17H,7-8H2,(H,20,22,27). The lowest BCUT2D eigenvalue weighted by atomic mass is 10.1. The Morgan fingerprint density at radius 2 is 1.81 bits per heavy atom. The second-order valence-corrected chi connectivity index (χ2v) is 6.57. The van der Waals surface area contributed by atoms with Crippen LogP contribution in [0.5, 0.6) is 0 Å². The molecule has 2 amide bonds. The van der Waals surface area contributed by atoms with Crippen LogP contribution in [0, 0.1) is 0 Å². The minimum atomic E-state index is -0.596. The molecule has 1 aromatic heterocycles. The van der Waals surface area contributed by atoms with Crippen LogP contribution in [0.15, 0.2) is 46.4 Å². The molecule has 3 heterocycles. The number of nitrogens with one attached hydrogen (secondary N) is 1. The number of nitrogens with zero attached hydrogens (tertiary/aromatic N) is 1. The summed E-state index contributed by atoms with van der Waals surface area (Å²) in [6.07, 6.45) is 0.784. The Kier molecular flexibility index (Phi) is 4.79. The Hall–Kier alpha value is -2.52. The molecule has 2 aliphatic rings. The summed E-state index contributed by atoms with van der Waals surface area (Å²) in [7, 11) is 0. The molecule has 27 heavy (non-hydrogen) atoms. The third-order valence-electron chi connectivity index (χ3n) is 3.97. The SMILES string of the molecule is O=C1NC(=S)N(c2ccc(Cl)cc2)C(=O)C1=Cc1ccc(C2OCCO2)o1. The van der Waals surface area contributed by atoms with Crippen LogP contribution in [0.4, 0.5) is 5.69 Å². The molecular weight excluding hydrogens is 392 g/mol. The van der Waals surface area contributed by atoms with Crippen molar-refractivity contribution in [2.24, 2.45) is 0 Å². The summed E-state index contributed by atoms with van der Waals surface area (Å²) in [5, 5.41) is 3.03. The van der Waals surface area contributed by atoms with Crippen molar-refractivity contribution in [3.05, 3.63) is 58.5 Å². The zero-order chi connectivity index (χ0) is 19.0. The summed E-state index contributed by atoms with van der Waals surface area (Å²) < 4.78 is 16.4. The van der Waals surface area contributed by atoms with Gasteiger partial charge in [-0.1, -0.05) is 11.6 Å². The highest BCUT2D eigenvalue weighted by Gasteiger charge is 2.35. The Bertz CT molecular complexity index is 947. The molecule has 2 saturated heterocycles. The van der Waals surface area contributed by atoms with E-state index in [9.17, 15) is 9.59 Å². The number of carbonyl (C=O) groups is 2. The van der Waals surface area contributed by atoms with Gasteiger partial charge in [0.1, 0.15) is 11.3 Å². The van der Waals surface area contributed by atoms with E-state index in [0.29, 0.717) is 35.4 Å². The fourth-order valence-electron chi connectivity index (χ4n) is 2.72. The van der Waals surface area contributed by atoms with Gasteiger partial charge in [0.05, 0.1) is 18.9 Å². The van der Waals surface area contributed by atoms with E-state index in [2.05, 4.69) is 5.32 Å². The van der Waals surface area contributed by atoms with Crippen molar-refractivity contribution in [3.8, 4) is 0 Å². The van der Waals surface area contributed by atoms with Crippen LogP contribution in [0.25, 0.3) is 6.08 Å². The minimum absolute atomic E-state index is 0.00244. The third-order valence-corrected chi connectivity index (χ3v) is 4.51. The molecule has 0 saturated carbocycles. The van der Waals surface area contributed by atoms with Crippen molar-refractivity contribution in [1.29, 1.82) is 0 Å². The molecule has 2 aromatic rings. The number of halogens is 1. The summed E-state index contributed by atoms with van der Waals surface area (Å²) >= 11 is 11.0.